The fourth-order valence-corrected chi connectivity index (χ4v) is 3.45. The molecule has 0 aliphatic rings. The molecule has 1 aromatic carbocycles. The van der Waals surface area contributed by atoms with Crippen LogP contribution in [-0.2, 0) is 14.3 Å². The van der Waals surface area contributed by atoms with Crippen LogP contribution in [0.15, 0.2) is 59.8 Å². The first kappa shape index (κ1) is 14.7. The molecule has 0 fully saturated rings. The van der Waals surface area contributed by atoms with E-state index < -0.39 is 10.1 Å². The summed E-state index contributed by atoms with van der Waals surface area (Å²) in [5, 5.41) is 0.558. The molecule has 0 radical (unpaired) electrons. The summed E-state index contributed by atoms with van der Waals surface area (Å²) in [6.07, 6.45) is 3.85. The minimum atomic E-state index is -3.80. The largest absolute Gasteiger partial charge is 0.300 e. The van der Waals surface area contributed by atoms with Crippen LogP contribution in [0.5, 0.6) is 0 Å². The third kappa shape index (κ3) is 2.63. The molecule has 5 nitrogen and oxygen atoms in total. The van der Waals surface area contributed by atoms with Crippen LogP contribution >= 0.6 is 0 Å². The van der Waals surface area contributed by atoms with Gasteiger partial charge in [-0.1, -0.05) is 25.1 Å². The number of fused-ring (bicyclic) bond motifs is 1. The van der Waals surface area contributed by atoms with Gasteiger partial charge in [-0.05, 0) is 30.7 Å². The lowest BCUT2D eigenvalue weighted by Gasteiger charge is -2.03. The molecule has 3 aromatic rings. The third-order valence-corrected chi connectivity index (χ3v) is 4.61. The second-order valence-corrected chi connectivity index (χ2v) is 6.43. The van der Waals surface area contributed by atoms with Crippen LogP contribution in [0.1, 0.15) is 13.3 Å². The summed E-state index contributed by atoms with van der Waals surface area (Å²) in [5.74, 6) is 0. The molecule has 0 saturated heterocycles. The number of rotatable bonds is 5. The number of pyridine rings is 1. The van der Waals surface area contributed by atoms with Crippen molar-refractivity contribution < 1.29 is 12.6 Å². The normalized spacial score (nSPS) is 11.9. The Morgan fingerprint density at radius 2 is 1.91 bits per heavy atom. The van der Waals surface area contributed by atoms with Crippen LogP contribution in [0.3, 0.4) is 0 Å². The van der Waals surface area contributed by atoms with E-state index >= 15 is 0 Å². The predicted molar refractivity (Wildman–Crippen MR) is 84.5 cm³/mol. The van der Waals surface area contributed by atoms with Crippen molar-refractivity contribution in [1.29, 1.82) is 0 Å². The first-order chi connectivity index (χ1) is 10.6. The van der Waals surface area contributed by atoms with Crippen molar-refractivity contribution in [2.75, 3.05) is 6.61 Å². The molecule has 0 N–H and O–H groups in total. The predicted octanol–water partition coefficient (Wildman–Crippen LogP) is 3.14. The maximum Gasteiger partial charge on any atom is 0.299 e. The Bertz CT molecular complexity index is 886. The van der Waals surface area contributed by atoms with Crippen molar-refractivity contribution in [3.63, 3.8) is 0 Å². The van der Waals surface area contributed by atoms with Gasteiger partial charge in [0.2, 0.25) is 0 Å². The third-order valence-electron chi connectivity index (χ3n) is 3.27. The van der Waals surface area contributed by atoms with E-state index in [4.69, 9.17) is 4.18 Å². The SMILES string of the molecule is CCCOS(=O)(=O)c1cn(-c2ccccc2)c2ncccc12. The lowest BCUT2D eigenvalue weighted by molar-refractivity contribution is 0.318. The fourth-order valence-electron chi connectivity index (χ4n) is 2.27. The highest BCUT2D eigenvalue weighted by atomic mass is 32.2. The van der Waals surface area contributed by atoms with Gasteiger partial charge in [0.05, 0.1) is 6.61 Å². The van der Waals surface area contributed by atoms with E-state index in [1.54, 1.807) is 29.1 Å². The van der Waals surface area contributed by atoms with Gasteiger partial charge in [0, 0.05) is 23.5 Å². The Labute approximate surface area is 129 Å². The molecule has 0 bridgehead atoms. The van der Waals surface area contributed by atoms with Crippen molar-refractivity contribution in [2.24, 2.45) is 0 Å². The number of hydrogen-bond donors (Lipinski definition) is 0. The molecular weight excluding hydrogens is 300 g/mol. The van der Waals surface area contributed by atoms with Crippen LogP contribution in [0.4, 0.5) is 0 Å². The molecule has 2 heterocycles. The number of aromatic nitrogens is 2. The molecule has 0 aliphatic carbocycles. The lowest BCUT2D eigenvalue weighted by Crippen LogP contribution is -2.06. The van der Waals surface area contributed by atoms with E-state index in [1.165, 1.54) is 0 Å². The first-order valence-electron chi connectivity index (χ1n) is 7.04. The molecule has 0 aliphatic heterocycles. The molecule has 6 heteroatoms. The average molecular weight is 316 g/mol. The van der Waals surface area contributed by atoms with Crippen molar-refractivity contribution in [3.05, 3.63) is 54.9 Å². The highest BCUT2D eigenvalue weighted by molar-refractivity contribution is 7.87. The van der Waals surface area contributed by atoms with Gasteiger partial charge in [0.15, 0.2) is 0 Å². The molecule has 0 amide bonds. The van der Waals surface area contributed by atoms with Crippen molar-refractivity contribution in [2.45, 2.75) is 18.2 Å². The second-order valence-electron chi connectivity index (χ2n) is 4.85. The van der Waals surface area contributed by atoms with E-state index in [0.717, 1.165) is 5.69 Å². The Morgan fingerprint density at radius 3 is 2.64 bits per heavy atom. The zero-order chi connectivity index (χ0) is 15.6. The molecule has 0 unspecified atom stereocenters. The minimum Gasteiger partial charge on any atom is -0.300 e. The summed E-state index contributed by atoms with van der Waals surface area (Å²) >= 11 is 0. The number of nitrogens with zero attached hydrogens (tertiary/aromatic N) is 2. The molecule has 2 aromatic heterocycles. The van der Waals surface area contributed by atoms with E-state index in [2.05, 4.69) is 4.98 Å². The van der Waals surface area contributed by atoms with Crippen molar-refractivity contribution >= 4 is 21.2 Å². The lowest BCUT2D eigenvalue weighted by atomic mass is 10.3. The van der Waals surface area contributed by atoms with Crippen molar-refractivity contribution in [3.8, 4) is 5.69 Å². The summed E-state index contributed by atoms with van der Waals surface area (Å²) in [6, 6.07) is 13.0. The zero-order valence-electron chi connectivity index (χ0n) is 12.1. The maximum atomic E-state index is 12.4. The smallest absolute Gasteiger partial charge is 0.299 e. The highest BCUT2D eigenvalue weighted by Gasteiger charge is 2.22. The van der Waals surface area contributed by atoms with E-state index in [1.807, 2.05) is 37.3 Å². The van der Waals surface area contributed by atoms with Gasteiger partial charge >= 0.3 is 0 Å². The molecule has 0 atom stereocenters. The quantitative estimate of drug-likeness (QED) is 0.678. The highest BCUT2D eigenvalue weighted by Crippen LogP contribution is 2.27. The molecule has 22 heavy (non-hydrogen) atoms. The Hall–Kier alpha value is -2.18. The summed E-state index contributed by atoms with van der Waals surface area (Å²) in [5.41, 5.74) is 1.44. The van der Waals surface area contributed by atoms with Gasteiger partial charge in [-0.15, -0.1) is 0 Å². The number of benzene rings is 1. The van der Waals surface area contributed by atoms with Crippen LogP contribution < -0.4 is 0 Å². The summed E-state index contributed by atoms with van der Waals surface area (Å²) in [7, 11) is -3.80. The Morgan fingerprint density at radius 1 is 1.14 bits per heavy atom. The van der Waals surface area contributed by atoms with Gasteiger partial charge < -0.3 is 0 Å². The van der Waals surface area contributed by atoms with Gasteiger partial charge in [-0.3, -0.25) is 8.75 Å². The summed E-state index contributed by atoms with van der Waals surface area (Å²) in [6.45, 7) is 2.03. The van der Waals surface area contributed by atoms with Gasteiger partial charge in [0.1, 0.15) is 10.5 Å². The van der Waals surface area contributed by atoms with Gasteiger partial charge in [-0.2, -0.15) is 8.42 Å². The zero-order valence-corrected chi connectivity index (χ0v) is 13.0. The minimum absolute atomic E-state index is 0.146. The molecule has 114 valence electrons. The van der Waals surface area contributed by atoms with Crippen LogP contribution in [-0.4, -0.2) is 24.6 Å². The summed E-state index contributed by atoms with van der Waals surface area (Å²) < 4.78 is 31.6. The molecule has 0 spiro atoms. The standard InChI is InChI=1S/C16H16N2O3S/c1-2-11-21-22(19,20)15-12-18(13-7-4-3-5-8-13)16-14(15)9-6-10-17-16/h3-10,12H,2,11H2,1H3. The molecule has 0 saturated carbocycles. The molecule has 3 rings (SSSR count). The Balaban J connectivity index is 2.21. The van der Waals surface area contributed by atoms with Crippen LogP contribution in [0, 0.1) is 0 Å². The maximum absolute atomic E-state index is 12.4. The van der Waals surface area contributed by atoms with Crippen LogP contribution in [0.2, 0.25) is 0 Å². The van der Waals surface area contributed by atoms with Gasteiger partial charge in [-0.25, -0.2) is 4.98 Å². The van der Waals surface area contributed by atoms with Crippen LogP contribution in [0.25, 0.3) is 16.7 Å². The van der Waals surface area contributed by atoms with Crippen molar-refractivity contribution in [1.82, 2.24) is 9.55 Å². The number of hydrogen-bond acceptors (Lipinski definition) is 4. The average Bonchev–Trinajstić information content (AvgIpc) is 2.94. The fraction of sp³-hybridized carbons (Fsp3) is 0.188. The number of para-hydroxylation sites is 1. The Kier molecular flexibility index (Phi) is 3.96. The van der Waals surface area contributed by atoms with Gasteiger partial charge in [0.25, 0.3) is 10.1 Å². The molecular formula is C16H16N2O3S. The van der Waals surface area contributed by atoms with E-state index in [9.17, 15) is 8.42 Å². The summed E-state index contributed by atoms with van der Waals surface area (Å²) in [4.78, 5) is 4.46. The monoisotopic (exact) mass is 316 g/mol. The van der Waals surface area contributed by atoms with E-state index in [-0.39, 0.29) is 11.5 Å². The van der Waals surface area contributed by atoms with E-state index in [0.29, 0.717) is 17.5 Å². The second kappa shape index (κ2) is 5.90. The first-order valence-corrected chi connectivity index (χ1v) is 8.45. The topological polar surface area (TPSA) is 61.2 Å².